The van der Waals surface area contributed by atoms with Crippen molar-refractivity contribution in [3.63, 3.8) is 0 Å². The molecule has 1 aliphatic rings. The van der Waals surface area contributed by atoms with Crippen LogP contribution in [0.25, 0.3) is 10.8 Å². The molecule has 3 rings (SSSR count). The Hall–Kier alpha value is -1.87. The molecule has 1 N–H and O–H groups in total. The van der Waals surface area contributed by atoms with E-state index in [2.05, 4.69) is 18.7 Å². The number of aliphatic carboxylic acids is 1. The zero-order valence-corrected chi connectivity index (χ0v) is 13.2. The van der Waals surface area contributed by atoms with Gasteiger partial charge in [-0.1, -0.05) is 56.3 Å². The number of piperidine rings is 1. The fourth-order valence-corrected chi connectivity index (χ4v) is 3.90. The number of nitrogens with zero attached hydrogens (tertiary/aromatic N) is 1. The predicted octanol–water partition coefficient (Wildman–Crippen LogP) is 3.94. The highest BCUT2D eigenvalue weighted by molar-refractivity contribution is 5.90. The monoisotopic (exact) mass is 297 g/mol. The van der Waals surface area contributed by atoms with E-state index in [1.165, 1.54) is 6.42 Å². The third-order valence-corrected chi connectivity index (χ3v) is 4.61. The fraction of sp³-hybridized carbons (Fsp3) is 0.421. The van der Waals surface area contributed by atoms with Crippen LogP contribution in [0.1, 0.15) is 31.9 Å². The standard InChI is InChI=1S/C19H23NO2/c1-13-10-14(2)12-20(11-13)18(19(21)22)17-9-5-7-15-6-3-4-8-16(15)17/h3-9,13-14,18H,10-12H2,1-2H3,(H,21,22). The first kappa shape index (κ1) is 15.0. The highest BCUT2D eigenvalue weighted by Crippen LogP contribution is 2.33. The number of fused-ring (bicyclic) bond motifs is 1. The van der Waals surface area contributed by atoms with Crippen molar-refractivity contribution in [1.82, 2.24) is 4.90 Å². The fourth-order valence-electron chi connectivity index (χ4n) is 3.90. The van der Waals surface area contributed by atoms with Crippen LogP contribution in [0.4, 0.5) is 0 Å². The minimum Gasteiger partial charge on any atom is -0.480 e. The van der Waals surface area contributed by atoms with Crippen LogP contribution in [0.5, 0.6) is 0 Å². The summed E-state index contributed by atoms with van der Waals surface area (Å²) in [5, 5.41) is 12.0. The van der Waals surface area contributed by atoms with Crippen LogP contribution in [0.15, 0.2) is 42.5 Å². The average molecular weight is 297 g/mol. The number of hydrogen-bond acceptors (Lipinski definition) is 2. The summed E-state index contributed by atoms with van der Waals surface area (Å²) < 4.78 is 0. The first-order chi connectivity index (χ1) is 10.6. The van der Waals surface area contributed by atoms with Crippen LogP contribution in [0, 0.1) is 11.8 Å². The molecule has 22 heavy (non-hydrogen) atoms. The molecule has 0 aromatic heterocycles. The molecule has 116 valence electrons. The molecule has 0 bridgehead atoms. The molecule has 3 atom stereocenters. The van der Waals surface area contributed by atoms with Crippen molar-refractivity contribution in [2.75, 3.05) is 13.1 Å². The van der Waals surface area contributed by atoms with Crippen LogP contribution in [-0.4, -0.2) is 29.1 Å². The van der Waals surface area contributed by atoms with Crippen molar-refractivity contribution >= 4 is 16.7 Å². The molecular weight excluding hydrogens is 274 g/mol. The second-order valence-electron chi connectivity index (χ2n) is 6.71. The van der Waals surface area contributed by atoms with Crippen LogP contribution < -0.4 is 0 Å². The molecule has 3 heteroatoms. The topological polar surface area (TPSA) is 40.5 Å². The van der Waals surface area contributed by atoms with Gasteiger partial charge in [-0.3, -0.25) is 9.69 Å². The summed E-state index contributed by atoms with van der Waals surface area (Å²) in [6, 6.07) is 13.4. The molecule has 0 amide bonds. The first-order valence-corrected chi connectivity index (χ1v) is 8.00. The number of carboxylic acids is 1. The van der Waals surface area contributed by atoms with Gasteiger partial charge in [-0.25, -0.2) is 0 Å². The lowest BCUT2D eigenvalue weighted by Crippen LogP contribution is -2.43. The molecule has 0 saturated carbocycles. The molecule has 3 unspecified atom stereocenters. The van der Waals surface area contributed by atoms with E-state index >= 15 is 0 Å². The number of rotatable bonds is 3. The molecule has 1 fully saturated rings. The highest BCUT2D eigenvalue weighted by atomic mass is 16.4. The Balaban J connectivity index is 2.05. The first-order valence-electron chi connectivity index (χ1n) is 8.00. The number of hydrogen-bond donors (Lipinski definition) is 1. The SMILES string of the molecule is CC1CC(C)CN(C(C(=O)O)c2cccc3ccccc23)C1. The van der Waals surface area contributed by atoms with E-state index in [-0.39, 0.29) is 0 Å². The summed E-state index contributed by atoms with van der Waals surface area (Å²) >= 11 is 0. The molecule has 3 nitrogen and oxygen atoms in total. The summed E-state index contributed by atoms with van der Waals surface area (Å²) in [6.45, 7) is 6.13. The van der Waals surface area contributed by atoms with Crippen molar-refractivity contribution in [1.29, 1.82) is 0 Å². The Kier molecular flexibility index (Phi) is 4.16. The molecule has 1 heterocycles. The summed E-state index contributed by atoms with van der Waals surface area (Å²) in [7, 11) is 0. The van der Waals surface area contributed by atoms with Crippen LogP contribution in [0.3, 0.4) is 0 Å². The zero-order chi connectivity index (χ0) is 15.7. The number of carbonyl (C=O) groups is 1. The minimum absolute atomic E-state index is 0.542. The maximum atomic E-state index is 12.0. The normalized spacial score (nSPS) is 24.3. The van der Waals surface area contributed by atoms with E-state index in [4.69, 9.17) is 0 Å². The Morgan fingerprint density at radius 3 is 2.41 bits per heavy atom. The number of carboxylic acid groups (broad SMARTS) is 1. The quantitative estimate of drug-likeness (QED) is 0.932. The zero-order valence-electron chi connectivity index (χ0n) is 13.2. The van der Waals surface area contributed by atoms with Crippen molar-refractivity contribution in [2.24, 2.45) is 11.8 Å². The van der Waals surface area contributed by atoms with Crippen molar-refractivity contribution in [2.45, 2.75) is 26.3 Å². The average Bonchev–Trinajstić information content (AvgIpc) is 2.46. The number of benzene rings is 2. The van der Waals surface area contributed by atoms with Gasteiger partial charge in [0.05, 0.1) is 0 Å². The summed E-state index contributed by atoms with van der Waals surface area (Å²) in [6.07, 6.45) is 1.18. The summed E-state index contributed by atoms with van der Waals surface area (Å²) in [5.74, 6) is 0.332. The van der Waals surface area contributed by atoms with Gasteiger partial charge in [0, 0.05) is 13.1 Å². The largest absolute Gasteiger partial charge is 0.480 e. The van der Waals surface area contributed by atoms with Gasteiger partial charge in [0.1, 0.15) is 6.04 Å². The van der Waals surface area contributed by atoms with Crippen molar-refractivity contribution < 1.29 is 9.90 Å². The van der Waals surface area contributed by atoms with Gasteiger partial charge in [-0.2, -0.15) is 0 Å². The molecule has 2 aromatic carbocycles. The molecule has 2 aromatic rings. The summed E-state index contributed by atoms with van der Waals surface area (Å²) in [5.41, 5.74) is 0.909. The van der Waals surface area contributed by atoms with E-state index < -0.39 is 12.0 Å². The van der Waals surface area contributed by atoms with Gasteiger partial charge < -0.3 is 5.11 Å². The Bertz CT molecular complexity index is 667. The third-order valence-electron chi connectivity index (χ3n) is 4.61. The van der Waals surface area contributed by atoms with Crippen LogP contribution in [0.2, 0.25) is 0 Å². The van der Waals surface area contributed by atoms with Crippen LogP contribution >= 0.6 is 0 Å². The molecule has 0 spiro atoms. The van der Waals surface area contributed by atoms with Crippen molar-refractivity contribution in [3.8, 4) is 0 Å². The Morgan fingerprint density at radius 1 is 1.09 bits per heavy atom. The Morgan fingerprint density at radius 2 is 1.73 bits per heavy atom. The third kappa shape index (κ3) is 2.86. The molecule has 0 aliphatic carbocycles. The van der Waals surface area contributed by atoms with Gasteiger partial charge in [0.2, 0.25) is 0 Å². The maximum absolute atomic E-state index is 12.0. The molecular formula is C19H23NO2. The Labute approximate surface area is 131 Å². The molecule has 1 saturated heterocycles. The lowest BCUT2D eigenvalue weighted by atomic mass is 9.89. The molecule has 1 aliphatic heterocycles. The van der Waals surface area contributed by atoms with Crippen LogP contribution in [-0.2, 0) is 4.79 Å². The maximum Gasteiger partial charge on any atom is 0.325 e. The van der Waals surface area contributed by atoms with Gasteiger partial charge in [0.25, 0.3) is 0 Å². The smallest absolute Gasteiger partial charge is 0.325 e. The summed E-state index contributed by atoms with van der Waals surface area (Å²) in [4.78, 5) is 14.2. The van der Waals surface area contributed by atoms with Gasteiger partial charge >= 0.3 is 5.97 Å². The number of likely N-dealkylation sites (tertiary alicyclic amines) is 1. The van der Waals surface area contributed by atoms with Gasteiger partial charge in [-0.05, 0) is 34.6 Å². The lowest BCUT2D eigenvalue weighted by molar-refractivity contribution is -0.144. The van der Waals surface area contributed by atoms with Crippen molar-refractivity contribution in [3.05, 3.63) is 48.0 Å². The van der Waals surface area contributed by atoms with E-state index in [9.17, 15) is 9.90 Å². The van der Waals surface area contributed by atoms with E-state index in [0.29, 0.717) is 11.8 Å². The minimum atomic E-state index is -0.752. The molecule has 0 radical (unpaired) electrons. The highest BCUT2D eigenvalue weighted by Gasteiger charge is 2.33. The van der Waals surface area contributed by atoms with E-state index in [0.717, 1.165) is 29.4 Å². The van der Waals surface area contributed by atoms with E-state index in [1.54, 1.807) is 0 Å². The second kappa shape index (κ2) is 6.09. The van der Waals surface area contributed by atoms with Gasteiger partial charge in [0.15, 0.2) is 0 Å². The lowest BCUT2D eigenvalue weighted by Gasteiger charge is -2.38. The van der Waals surface area contributed by atoms with E-state index in [1.807, 2.05) is 42.5 Å². The predicted molar refractivity (Wildman–Crippen MR) is 88.8 cm³/mol. The van der Waals surface area contributed by atoms with Gasteiger partial charge in [-0.15, -0.1) is 0 Å². The second-order valence-corrected chi connectivity index (χ2v) is 6.71.